The molecule has 2 aromatic rings. The van der Waals surface area contributed by atoms with Crippen molar-refractivity contribution in [1.29, 1.82) is 0 Å². The van der Waals surface area contributed by atoms with Crippen molar-refractivity contribution < 1.29 is 0 Å². The molecule has 170 valence electrons. The van der Waals surface area contributed by atoms with Crippen LogP contribution in [0.5, 0.6) is 0 Å². The van der Waals surface area contributed by atoms with E-state index in [9.17, 15) is 0 Å². The molecule has 0 bridgehead atoms. The lowest BCUT2D eigenvalue weighted by Crippen LogP contribution is -2.18. The number of hydrogen-bond acceptors (Lipinski definition) is 1. The summed E-state index contributed by atoms with van der Waals surface area (Å²) in [4.78, 5) is 0. The van der Waals surface area contributed by atoms with Gasteiger partial charge in [-0.1, -0.05) is 74.9 Å². The predicted molar refractivity (Wildman–Crippen MR) is 143 cm³/mol. The zero-order valence-corrected chi connectivity index (χ0v) is 20.5. The minimum Gasteiger partial charge on any atom is -0.359 e. The van der Waals surface area contributed by atoms with Crippen LogP contribution in [0, 0.1) is 5.41 Å². The Morgan fingerprint density at radius 1 is 0.788 bits per heavy atom. The van der Waals surface area contributed by atoms with Gasteiger partial charge in [0, 0.05) is 11.4 Å². The van der Waals surface area contributed by atoms with Crippen LogP contribution in [0.2, 0.25) is 0 Å². The molecule has 0 saturated heterocycles. The molecule has 0 aliphatic heterocycles. The van der Waals surface area contributed by atoms with E-state index < -0.39 is 0 Å². The van der Waals surface area contributed by atoms with Gasteiger partial charge in [0.1, 0.15) is 0 Å². The fraction of sp³-hybridized carbons (Fsp3) is 0.375. The van der Waals surface area contributed by atoms with E-state index in [2.05, 4.69) is 92.9 Å². The third-order valence-corrected chi connectivity index (χ3v) is 8.36. The highest BCUT2D eigenvalue weighted by Gasteiger charge is 2.26. The van der Waals surface area contributed by atoms with E-state index in [1.165, 1.54) is 76.9 Å². The largest absolute Gasteiger partial charge is 0.359 e. The van der Waals surface area contributed by atoms with Gasteiger partial charge in [-0.3, -0.25) is 0 Å². The first-order chi connectivity index (χ1) is 16.1. The van der Waals surface area contributed by atoms with Crippen LogP contribution in [0.1, 0.15) is 81.5 Å². The van der Waals surface area contributed by atoms with Crippen molar-refractivity contribution in [2.75, 3.05) is 5.32 Å². The minimum absolute atomic E-state index is 0.359. The summed E-state index contributed by atoms with van der Waals surface area (Å²) >= 11 is 0. The lowest BCUT2D eigenvalue weighted by Gasteiger charge is -2.32. The molecule has 1 N–H and O–H groups in total. The van der Waals surface area contributed by atoms with E-state index >= 15 is 0 Å². The smallest absolute Gasteiger partial charge is 0.0382 e. The van der Waals surface area contributed by atoms with Crippen LogP contribution in [0.4, 0.5) is 5.69 Å². The molecule has 0 fully saturated rings. The number of fused-ring (bicyclic) bond motifs is 1. The summed E-state index contributed by atoms with van der Waals surface area (Å²) in [5.74, 6) is 0. The average Bonchev–Trinajstić information content (AvgIpc) is 2.85. The maximum absolute atomic E-state index is 3.68. The second kappa shape index (κ2) is 9.21. The second-order valence-corrected chi connectivity index (χ2v) is 10.2. The molecule has 0 radical (unpaired) electrons. The van der Waals surface area contributed by atoms with Crippen molar-refractivity contribution in [2.45, 2.75) is 72.1 Å². The van der Waals surface area contributed by atoms with Gasteiger partial charge in [0.25, 0.3) is 0 Å². The van der Waals surface area contributed by atoms with Crippen LogP contribution in [-0.4, -0.2) is 0 Å². The van der Waals surface area contributed by atoms with Crippen LogP contribution in [0.25, 0.3) is 11.1 Å². The first-order valence-corrected chi connectivity index (χ1v) is 12.9. The van der Waals surface area contributed by atoms with Crippen LogP contribution in [0.3, 0.4) is 0 Å². The van der Waals surface area contributed by atoms with Crippen LogP contribution in [0.15, 0.2) is 78.0 Å². The average molecular weight is 436 g/mol. The zero-order chi connectivity index (χ0) is 22.8. The molecule has 1 nitrogen and oxygen atoms in total. The monoisotopic (exact) mass is 435 g/mol. The molecule has 3 aliphatic rings. The standard InChI is InChI=1S/C32H37N/c1-4-32(3,5-2)29-17-13-23(14-18-29)24-15-19-30(20-16-24)33-31-8-6-7-26(22-31)28-12-10-25-9-11-27(25)21-28/h7,10,12-13,15-17,19-22,33H,4-6,8-9,11,14,18H2,1-3H3. The van der Waals surface area contributed by atoms with Gasteiger partial charge in [0.15, 0.2) is 0 Å². The quantitative estimate of drug-likeness (QED) is 0.458. The van der Waals surface area contributed by atoms with Crippen molar-refractivity contribution in [3.05, 3.63) is 100 Å². The lowest BCUT2D eigenvalue weighted by molar-refractivity contribution is 0.355. The lowest BCUT2D eigenvalue weighted by atomic mass is 9.73. The second-order valence-electron chi connectivity index (χ2n) is 10.2. The topological polar surface area (TPSA) is 12.0 Å². The Morgan fingerprint density at radius 2 is 1.55 bits per heavy atom. The maximum atomic E-state index is 3.68. The summed E-state index contributed by atoms with van der Waals surface area (Å²) in [7, 11) is 0. The molecule has 0 aromatic heterocycles. The van der Waals surface area contributed by atoms with Crippen molar-refractivity contribution >= 4 is 16.8 Å². The molecule has 0 heterocycles. The highest BCUT2D eigenvalue weighted by atomic mass is 14.9. The number of aryl methyl sites for hydroxylation is 2. The summed E-state index contributed by atoms with van der Waals surface area (Å²) in [6, 6.07) is 16.0. The summed E-state index contributed by atoms with van der Waals surface area (Å²) < 4.78 is 0. The van der Waals surface area contributed by atoms with Gasteiger partial charge in [0.05, 0.1) is 0 Å². The Labute approximate surface area is 200 Å². The Balaban J connectivity index is 1.27. The molecule has 1 heteroatoms. The number of benzene rings is 2. The number of rotatable bonds is 7. The van der Waals surface area contributed by atoms with Crippen molar-refractivity contribution in [1.82, 2.24) is 0 Å². The molecular weight excluding hydrogens is 398 g/mol. The highest BCUT2D eigenvalue weighted by Crippen LogP contribution is 2.41. The van der Waals surface area contributed by atoms with E-state index in [-0.39, 0.29) is 0 Å². The van der Waals surface area contributed by atoms with Crippen molar-refractivity contribution in [3.8, 4) is 0 Å². The molecule has 0 spiro atoms. The Bertz CT molecular complexity index is 1150. The molecule has 33 heavy (non-hydrogen) atoms. The number of anilines is 1. The first kappa shape index (κ1) is 22.0. The normalized spacial score (nSPS) is 17.8. The molecular formula is C32H37N. The molecule has 5 rings (SSSR count). The van der Waals surface area contributed by atoms with E-state index in [1.807, 2.05) is 0 Å². The highest BCUT2D eigenvalue weighted by molar-refractivity contribution is 5.78. The molecule has 3 aliphatic carbocycles. The van der Waals surface area contributed by atoms with Gasteiger partial charge in [0.2, 0.25) is 0 Å². The van der Waals surface area contributed by atoms with Crippen molar-refractivity contribution in [2.24, 2.45) is 5.41 Å². The van der Waals surface area contributed by atoms with E-state index in [1.54, 1.807) is 5.57 Å². The Kier molecular flexibility index (Phi) is 6.15. The number of hydrogen-bond donors (Lipinski definition) is 1. The molecule has 2 aromatic carbocycles. The third-order valence-electron chi connectivity index (χ3n) is 8.36. The fourth-order valence-electron chi connectivity index (χ4n) is 5.41. The third kappa shape index (κ3) is 4.51. The van der Waals surface area contributed by atoms with Crippen LogP contribution < -0.4 is 5.32 Å². The van der Waals surface area contributed by atoms with E-state index in [4.69, 9.17) is 0 Å². The summed E-state index contributed by atoms with van der Waals surface area (Å²) in [6.07, 6.45) is 18.9. The summed E-state index contributed by atoms with van der Waals surface area (Å²) in [6.45, 7) is 7.06. The zero-order valence-electron chi connectivity index (χ0n) is 20.5. The van der Waals surface area contributed by atoms with Crippen LogP contribution >= 0.6 is 0 Å². The van der Waals surface area contributed by atoms with Gasteiger partial charge in [-0.2, -0.15) is 0 Å². The van der Waals surface area contributed by atoms with Gasteiger partial charge >= 0.3 is 0 Å². The van der Waals surface area contributed by atoms with Gasteiger partial charge in [-0.25, -0.2) is 0 Å². The molecule has 0 amide bonds. The van der Waals surface area contributed by atoms with E-state index in [0.29, 0.717) is 5.41 Å². The maximum Gasteiger partial charge on any atom is 0.0382 e. The fourth-order valence-corrected chi connectivity index (χ4v) is 5.41. The number of nitrogens with one attached hydrogen (secondary N) is 1. The van der Waals surface area contributed by atoms with Gasteiger partial charge < -0.3 is 5.32 Å². The summed E-state index contributed by atoms with van der Waals surface area (Å²) in [5.41, 5.74) is 13.1. The number of allylic oxidation sites excluding steroid dienone is 8. The summed E-state index contributed by atoms with van der Waals surface area (Å²) in [5, 5.41) is 3.68. The molecule has 0 unspecified atom stereocenters. The van der Waals surface area contributed by atoms with Gasteiger partial charge in [-0.15, -0.1) is 0 Å². The predicted octanol–water partition coefficient (Wildman–Crippen LogP) is 8.89. The van der Waals surface area contributed by atoms with Gasteiger partial charge in [-0.05, 0) is 108 Å². The van der Waals surface area contributed by atoms with E-state index in [0.717, 1.165) is 19.3 Å². The Hall–Kier alpha value is -2.80. The molecule has 0 saturated carbocycles. The SMILES string of the molecule is CCC(C)(CC)C1=CC=C(c2ccc(NC3=CC(c4ccc5c(c4)CC5)=CCC3)cc2)CC1. The van der Waals surface area contributed by atoms with Crippen LogP contribution in [-0.2, 0) is 12.8 Å². The first-order valence-electron chi connectivity index (χ1n) is 12.9. The Morgan fingerprint density at radius 3 is 2.18 bits per heavy atom. The molecule has 0 atom stereocenters. The minimum atomic E-state index is 0.359. The van der Waals surface area contributed by atoms with Crippen molar-refractivity contribution in [3.63, 3.8) is 0 Å².